The molecule has 106 valence electrons. The molecule has 0 radical (unpaired) electrons. The summed E-state index contributed by atoms with van der Waals surface area (Å²) >= 11 is 0. The van der Waals surface area contributed by atoms with Crippen LogP contribution in [-0.2, 0) is 10.1 Å². The fourth-order valence-corrected chi connectivity index (χ4v) is 2.63. The summed E-state index contributed by atoms with van der Waals surface area (Å²) in [5.74, 6) is -1.67. The number of rotatable bonds is 2. The Labute approximate surface area is 113 Å². The zero-order chi connectivity index (χ0) is 15.1. The average molecular weight is 300 g/mol. The summed E-state index contributed by atoms with van der Waals surface area (Å²) in [5.41, 5.74) is 9.93. The lowest BCUT2D eigenvalue weighted by molar-refractivity contribution is 0.483. The molecule has 20 heavy (non-hydrogen) atoms. The smallest absolute Gasteiger partial charge is 0.297 e. The molecule has 2 aromatic carbocycles. The second-order valence-electron chi connectivity index (χ2n) is 4.05. The van der Waals surface area contributed by atoms with E-state index in [4.69, 9.17) is 11.5 Å². The molecule has 0 saturated carbocycles. The third-order valence-electron chi connectivity index (χ3n) is 2.71. The van der Waals surface area contributed by atoms with Crippen LogP contribution in [0.15, 0.2) is 35.2 Å². The van der Waals surface area contributed by atoms with Gasteiger partial charge in [-0.3, -0.25) is 4.55 Å². The van der Waals surface area contributed by atoms with Crippen molar-refractivity contribution in [2.75, 3.05) is 11.5 Å². The monoisotopic (exact) mass is 300 g/mol. The van der Waals surface area contributed by atoms with Crippen LogP contribution in [0.5, 0.6) is 0 Å². The predicted octanol–water partition coefficient (Wildman–Crippen LogP) is 2.04. The topological polar surface area (TPSA) is 106 Å². The summed E-state index contributed by atoms with van der Waals surface area (Å²) in [6, 6.07) is 5.49. The van der Waals surface area contributed by atoms with Crippen molar-refractivity contribution in [1.82, 2.24) is 0 Å². The van der Waals surface area contributed by atoms with Crippen molar-refractivity contribution in [2.45, 2.75) is 4.90 Å². The van der Waals surface area contributed by atoms with Crippen molar-refractivity contribution in [3.63, 3.8) is 0 Å². The van der Waals surface area contributed by atoms with Crippen LogP contribution < -0.4 is 11.5 Å². The van der Waals surface area contributed by atoms with Crippen LogP contribution in [0, 0.1) is 11.6 Å². The number of benzene rings is 2. The van der Waals surface area contributed by atoms with Crippen LogP contribution in [0.4, 0.5) is 20.2 Å². The molecule has 0 saturated heterocycles. The van der Waals surface area contributed by atoms with Gasteiger partial charge in [0.05, 0.1) is 11.4 Å². The minimum atomic E-state index is -4.76. The molecule has 0 unspecified atom stereocenters. The van der Waals surface area contributed by atoms with E-state index in [1.807, 2.05) is 0 Å². The Bertz CT molecular complexity index is 792. The van der Waals surface area contributed by atoms with Crippen LogP contribution in [0.3, 0.4) is 0 Å². The second kappa shape index (κ2) is 4.73. The largest absolute Gasteiger partial charge is 0.396 e. The van der Waals surface area contributed by atoms with E-state index >= 15 is 0 Å². The van der Waals surface area contributed by atoms with Crippen molar-refractivity contribution in [3.05, 3.63) is 42.0 Å². The minimum absolute atomic E-state index is 0.0712. The minimum Gasteiger partial charge on any atom is -0.396 e. The molecule has 0 aliphatic heterocycles. The second-order valence-corrected chi connectivity index (χ2v) is 5.41. The number of nitrogens with two attached hydrogens (primary N) is 2. The first-order valence-corrected chi connectivity index (χ1v) is 6.76. The van der Waals surface area contributed by atoms with Crippen molar-refractivity contribution in [1.29, 1.82) is 0 Å². The highest BCUT2D eigenvalue weighted by Gasteiger charge is 2.23. The third kappa shape index (κ3) is 2.43. The summed E-state index contributed by atoms with van der Waals surface area (Å²) in [4.78, 5) is -0.775. The molecule has 0 heterocycles. The SMILES string of the molecule is Nc1cc(-c2ccc(F)c(N)c2S(=O)(=O)O)ccc1F. The van der Waals surface area contributed by atoms with E-state index in [-0.39, 0.29) is 16.8 Å². The van der Waals surface area contributed by atoms with Crippen molar-refractivity contribution in [3.8, 4) is 11.1 Å². The first kappa shape index (κ1) is 14.2. The van der Waals surface area contributed by atoms with Crippen molar-refractivity contribution in [2.24, 2.45) is 0 Å². The molecule has 0 fully saturated rings. The zero-order valence-corrected chi connectivity index (χ0v) is 10.8. The fraction of sp³-hybridized carbons (Fsp3) is 0. The van der Waals surface area contributed by atoms with Gasteiger partial charge in [0.2, 0.25) is 0 Å². The Kier molecular flexibility index (Phi) is 3.36. The normalized spacial score (nSPS) is 11.6. The van der Waals surface area contributed by atoms with Gasteiger partial charge in [-0.1, -0.05) is 6.07 Å². The predicted molar refractivity (Wildman–Crippen MR) is 70.4 cm³/mol. The van der Waals surface area contributed by atoms with E-state index in [0.29, 0.717) is 0 Å². The molecule has 0 bridgehead atoms. The van der Waals surface area contributed by atoms with Gasteiger partial charge in [-0.25, -0.2) is 8.78 Å². The summed E-state index contributed by atoms with van der Waals surface area (Å²) in [5, 5.41) is 0. The van der Waals surface area contributed by atoms with E-state index < -0.39 is 32.3 Å². The Morgan fingerprint density at radius 2 is 1.60 bits per heavy atom. The van der Waals surface area contributed by atoms with Crippen LogP contribution in [0.25, 0.3) is 11.1 Å². The molecule has 5 N–H and O–H groups in total. The molecule has 0 spiro atoms. The Balaban J connectivity index is 2.81. The zero-order valence-electron chi connectivity index (χ0n) is 9.97. The van der Waals surface area contributed by atoms with Crippen molar-refractivity contribution >= 4 is 21.5 Å². The Hall–Kier alpha value is -2.19. The van der Waals surface area contributed by atoms with Gasteiger partial charge in [-0.05, 0) is 29.8 Å². The maximum absolute atomic E-state index is 13.4. The summed E-state index contributed by atoms with van der Waals surface area (Å²) < 4.78 is 58.4. The van der Waals surface area contributed by atoms with E-state index in [9.17, 15) is 21.8 Å². The van der Waals surface area contributed by atoms with E-state index in [2.05, 4.69) is 0 Å². The molecule has 2 rings (SSSR count). The molecule has 0 atom stereocenters. The van der Waals surface area contributed by atoms with Gasteiger partial charge in [-0.2, -0.15) is 8.42 Å². The summed E-state index contributed by atoms with van der Waals surface area (Å²) in [6.45, 7) is 0. The quantitative estimate of drug-likeness (QED) is 0.581. The lowest BCUT2D eigenvalue weighted by Crippen LogP contribution is -2.07. The van der Waals surface area contributed by atoms with Crippen LogP contribution in [0.1, 0.15) is 0 Å². The molecular formula is C12H10F2N2O3S. The fourth-order valence-electron chi connectivity index (χ4n) is 1.79. The van der Waals surface area contributed by atoms with Gasteiger partial charge in [0.15, 0.2) is 0 Å². The highest BCUT2D eigenvalue weighted by molar-refractivity contribution is 7.86. The first-order valence-electron chi connectivity index (χ1n) is 5.32. The van der Waals surface area contributed by atoms with Gasteiger partial charge in [0.25, 0.3) is 10.1 Å². The molecule has 2 aromatic rings. The number of hydrogen-bond donors (Lipinski definition) is 3. The van der Waals surface area contributed by atoms with Gasteiger partial charge in [0, 0.05) is 5.56 Å². The van der Waals surface area contributed by atoms with Gasteiger partial charge < -0.3 is 11.5 Å². The molecule has 0 aliphatic rings. The van der Waals surface area contributed by atoms with Gasteiger partial charge in [-0.15, -0.1) is 0 Å². The van der Waals surface area contributed by atoms with E-state index in [1.54, 1.807) is 0 Å². The van der Waals surface area contributed by atoms with E-state index in [0.717, 1.165) is 24.3 Å². The number of halogens is 2. The van der Waals surface area contributed by atoms with Crippen molar-refractivity contribution < 1.29 is 21.8 Å². The summed E-state index contributed by atoms with van der Waals surface area (Å²) in [6.07, 6.45) is 0. The number of hydrogen-bond acceptors (Lipinski definition) is 4. The molecule has 0 amide bonds. The molecule has 0 aliphatic carbocycles. The lowest BCUT2D eigenvalue weighted by Gasteiger charge is -2.11. The van der Waals surface area contributed by atoms with Crippen LogP contribution in [-0.4, -0.2) is 13.0 Å². The standard InChI is InChI=1S/C12H10F2N2O3S/c13-8-3-1-6(5-10(8)15)7-2-4-9(14)11(16)12(7)20(17,18)19/h1-5H,15-16H2,(H,17,18,19). The summed E-state index contributed by atoms with van der Waals surface area (Å²) in [7, 11) is -4.76. The number of anilines is 2. The Morgan fingerprint density at radius 3 is 2.15 bits per heavy atom. The third-order valence-corrected chi connectivity index (χ3v) is 3.66. The van der Waals surface area contributed by atoms with Gasteiger partial charge in [0.1, 0.15) is 16.5 Å². The average Bonchev–Trinajstić information content (AvgIpc) is 2.34. The highest BCUT2D eigenvalue weighted by atomic mass is 32.2. The molecular weight excluding hydrogens is 290 g/mol. The Morgan fingerprint density at radius 1 is 1.00 bits per heavy atom. The maximum atomic E-state index is 13.4. The maximum Gasteiger partial charge on any atom is 0.297 e. The van der Waals surface area contributed by atoms with E-state index in [1.165, 1.54) is 6.07 Å². The molecule has 0 aromatic heterocycles. The van der Waals surface area contributed by atoms with Gasteiger partial charge >= 0.3 is 0 Å². The van der Waals surface area contributed by atoms with Crippen LogP contribution >= 0.6 is 0 Å². The van der Waals surface area contributed by atoms with Crippen LogP contribution in [0.2, 0.25) is 0 Å². The first-order chi connectivity index (χ1) is 9.21. The number of nitrogen functional groups attached to an aromatic ring is 2. The molecule has 5 nitrogen and oxygen atoms in total. The highest BCUT2D eigenvalue weighted by Crippen LogP contribution is 2.34. The lowest BCUT2D eigenvalue weighted by atomic mass is 10.0. The molecule has 8 heteroatoms.